The van der Waals surface area contributed by atoms with Crippen LogP contribution in [0.25, 0.3) is 10.8 Å². The molecule has 2 saturated heterocycles. The third-order valence-electron chi connectivity index (χ3n) is 7.69. The molecule has 2 fully saturated rings. The van der Waals surface area contributed by atoms with Crippen molar-refractivity contribution in [2.45, 2.75) is 102 Å². The van der Waals surface area contributed by atoms with Crippen molar-refractivity contribution in [1.82, 2.24) is 0 Å². The van der Waals surface area contributed by atoms with Gasteiger partial charge in [-0.1, -0.05) is 91.8 Å². The molecule has 2 aliphatic heterocycles. The van der Waals surface area contributed by atoms with Crippen molar-refractivity contribution < 1.29 is 17.7 Å². The molecular weight excluding hydrogens is 444 g/mol. The number of rotatable bonds is 5. The molecule has 4 rings (SSSR count). The molecule has 4 nitrogen and oxygen atoms in total. The summed E-state index contributed by atoms with van der Waals surface area (Å²) >= 11 is 0. The second-order valence-corrected chi connectivity index (χ2v) is 20.0. The number of hydrogen-bond acceptors (Lipinski definition) is 4. The molecule has 0 amide bonds. The van der Waals surface area contributed by atoms with E-state index in [0.717, 1.165) is 6.42 Å². The van der Waals surface area contributed by atoms with Crippen LogP contribution < -0.4 is 0 Å². The third-order valence-corrected chi connectivity index (χ3v) is 18.0. The molecule has 0 N–H and O–H groups in total. The van der Waals surface area contributed by atoms with E-state index >= 15 is 0 Å². The average Bonchev–Trinajstić information content (AvgIpc) is 3.14. The van der Waals surface area contributed by atoms with Crippen LogP contribution in [0.1, 0.15) is 73.5 Å². The van der Waals surface area contributed by atoms with Crippen LogP contribution in [0.4, 0.5) is 0 Å². The van der Waals surface area contributed by atoms with E-state index in [-0.39, 0.29) is 18.3 Å². The third kappa shape index (κ3) is 4.50. The molecule has 0 unspecified atom stereocenters. The zero-order valence-corrected chi connectivity index (χ0v) is 23.6. The van der Waals surface area contributed by atoms with Crippen LogP contribution in [0, 0.1) is 0 Å². The SMILES string of the molecule is CC(C)[Si]1(C(C)C)OC[C@H]2O[C@@H](c3ccc4ccccc4c3)C[C@@H]2O[Si](C(C)C)(C(C)C)O1. The van der Waals surface area contributed by atoms with Crippen LogP contribution >= 0.6 is 0 Å². The monoisotopic (exact) mass is 486 g/mol. The average molecular weight is 487 g/mol. The number of fused-ring (bicyclic) bond motifs is 2. The Morgan fingerprint density at radius 2 is 1.33 bits per heavy atom. The topological polar surface area (TPSA) is 36.9 Å². The normalized spacial score (nSPS) is 27.3. The van der Waals surface area contributed by atoms with E-state index in [2.05, 4.69) is 97.9 Å². The van der Waals surface area contributed by atoms with E-state index in [0.29, 0.717) is 28.8 Å². The van der Waals surface area contributed by atoms with Gasteiger partial charge in [0.25, 0.3) is 0 Å². The van der Waals surface area contributed by atoms with Gasteiger partial charge in [-0.15, -0.1) is 0 Å². The zero-order chi connectivity index (χ0) is 24.0. The second kappa shape index (κ2) is 9.55. The maximum atomic E-state index is 7.30. The lowest BCUT2D eigenvalue weighted by molar-refractivity contribution is -0.0385. The summed E-state index contributed by atoms with van der Waals surface area (Å²) in [5, 5.41) is 2.51. The summed E-state index contributed by atoms with van der Waals surface area (Å²) in [6.45, 7) is 18.7. The summed E-state index contributed by atoms with van der Waals surface area (Å²) < 4.78 is 28.0. The fourth-order valence-electron chi connectivity index (χ4n) is 5.77. The molecule has 0 bridgehead atoms. The van der Waals surface area contributed by atoms with E-state index < -0.39 is 17.1 Å². The first-order valence-electron chi connectivity index (χ1n) is 12.7. The van der Waals surface area contributed by atoms with Gasteiger partial charge in [0.1, 0.15) is 6.10 Å². The Hall–Kier alpha value is -1.03. The lowest BCUT2D eigenvalue weighted by Gasteiger charge is -2.51. The van der Waals surface area contributed by atoms with Crippen molar-refractivity contribution in [1.29, 1.82) is 0 Å². The maximum absolute atomic E-state index is 7.30. The highest BCUT2D eigenvalue weighted by Crippen LogP contribution is 2.48. The minimum atomic E-state index is -2.58. The standard InChI is InChI=1S/C27H42O4Si2/c1-18(2)32(19(3)4)28-17-27-26(30-33(31-32,20(5)6)21(7)8)16-25(29-27)24-14-13-22-11-9-10-12-23(22)15-24/h9-15,18-21,25-27H,16-17H2,1-8H3/t25-,26+,27-/m1/s1. The van der Waals surface area contributed by atoms with Gasteiger partial charge in [0.05, 0.1) is 18.8 Å². The van der Waals surface area contributed by atoms with Gasteiger partial charge in [-0.3, -0.25) is 0 Å². The summed E-state index contributed by atoms with van der Waals surface area (Å²) in [5.74, 6) is 0. The first-order chi connectivity index (χ1) is 15.6. The van der Waals surface area contributed by atoms with Crippen LogP contribution in [0.5, 0.6) is 0 Å². The predicted molar refractivity (Wildman–Crippen MR) is 140 cm³/mol. The Balaban J connectivity index is 1.69. The fourth-order valence-corrected chi connectivity index (χ4v) is 17.0. The van der Waals surface area contributed by atoms with Crippen molar-refractivity contribution in [3.8, 4) is 0 Å². The van der Waals surface area contributed by atoms with Crippen LogP contribution in [-0.2, 0) is 17.7 Å². The van der Waals surface area contributed by atoms with Crippen molar-refractivity contribution in [2.75, 3.05) is 6.61 Å². The largest absolute Gasteiger partial charge is 0.414 e. The van der Waals surface area contributed by atoms with Gasteiger partial charge in [0.2, 0.25) is 0 Å². The molecule has 0 aliphatic carbocycles. The highest BCUT2D eigenvalue weighted by atomic mass is 28.5. The van der Waals surface area contributed by atoms with Crippen LogP contribution in [0.2, 0.25) is 22.2 Å². The van der Waals surface area contributed by atoms with Crippen LogP contribution in [0.15, 0.2) is 42.5 Å². The Bertz CT molecular complexity index is 942. The summed E-state index contributed by atoms with van der Waals surface area (Å²) in [7, 11) is -5.11. The van der Waals surface area contributed by atoms with Gasteiger partial charge >= 0.3 is 17.1 Å². The molecule has 2 aromatic rings. The molecule has 0 saturated carbocycles. The Morgan fingerprint density at radius 1 is 0.727 bits per heavy atom. The van der Waals surface area contributed by atoms with Crippen molar-refractivity contribution in [3.05, 3.63) is 48.0 Å². The van der Waals surface area contributed by atoms with E-state index in [4.69, 9.17) is 17.7 Å². The van der Waals surface area contributed by atoms with Crippen molar-refractivity contribution >= 4 is 27.9 Å². The number of ether oxygens (including phenoxy) is 1. The van der Waals surface area contributed by atoms with Gasteiger partial charge in [-0.2, -0.15) is 0 Å². The number of hydrogen-bond donors (Lipinski definition) is 0. The zero-order valence-electron chi connectivity index (χ0n) is 21.6. The lowest BCUT2D eigenvalue weighted by Crippen LogP contribution is -2.65. The summed E-state index contributed by atoms with van der Waals surface area (Å²) in [5.41, 5.74) is 2.59. The highest BCUT2D eigenvalue weighted by molar-refractivity contribution is 6.83. The van der Waals surface area contributed by atoms with Gasteiger partial charge in [0.15, 0.2) is 0 Å². The molecule has 3 atom stereocenters. The van der Waals surface area contributed by atoms with Gasteiger partial charge < -0.3 is 17.7 Å². The van der Waals surface area contributed by atoms with E-state index in [1.54, 1.807) is 0 Å². The highest BCUT2D eigenvalue weighted by Gasteiger charge is 2.60. The Labute approximate surface area is 202 Å². The van der Waals surface area contributed by atoms with E-state index in [9.17, 15) is 0 Å². The molecule has 2 heterocycles. The van der Waals surface area contributed by atoms with E-state index in [1.807, 2.05) is 0 Å². The molecule has 2 aliphatic rings. The first kappa shape index (κ1) is 25.1. The molecule has 0 radical (unpaired) electrons. The molecule has 182 valence electrons. The summed E-state index contributed by atoms with van der Waals surface area (Å²) in [6, 6.07) is 15.2. The molecular formula is C27H42O4Si2. The summed E-state index contributed by atoms with van der Waals surface area (Å²) in [6.07, 6.45) is 0.817. The summed E-state index contributed by atoms with van der Waals surface area (Å²) in [4.78, 5) is 0. The minimum absolute atomic E-state index is 0.00395. The Kier molecular flexibility index (Phi) is 7.26. The molecule has 6 heteroatoms. The van der Waals surface area contributed by atoms with Crippen LogP contribution in [-0.4, -0.2) is 35.9 Å². The second-order valence-electron chi connectivity index (χ2n) is 11.1. The van der Waals surface area contributed by atoms with Crippen molar-refractivity contribution in [2.24, 2.45) is 0 Å². The lowest BCUT2D eigenvalue weighted by atomic mass is 10.0. The fraction of sp³-hybridized carbons (Fsp3) is 0.630. The van der Waals surface area contributed by atoms with Gasteiger partial charge in [-0.05, 0) is 44.6 Å². The smallest absolute Gasteiger partial charge is 0.335 e. The van der Waals surface area contributed by atoms with Gasteiger partial charge in [0, 0.05) is 6.42 Å². The van der Waals surface area contributed by atoms with Gasteiger partial charge in [-0.25, -0.2) is 0 Å². The molecule has 0 aromatic heterocycles. The first-order valence-corrected chi connectivity index (χ1v) is 16.7. The molecule has 33 heavy (non-hydrogen) atoms. The minimum Gasteiger partial charge on any atom is -0.414 e. The quantitative estimate of drug-likeness (QED) is 0.407. The number of benzene rings is 2. The maximum Gasteiger partial charge on any atom is 0.335 e. The van der Waals surface area contributed by atoms with E-state index in [1.165, 1.54) is 16.3 Å². The molecule has 0 spiro atoms. The predicted octanol–water partition coefficient (Wildman–Crippen LogP) is 7.63. The van der Waals surface area contributed by atoms with Crippen LogP contribution in [0.3, 0.4) is 0 Å². The molecule has 2 aromatic carbocycles. The van der Waals surface area contributed by atoms with Crippen molar-refractivity contribution in [3.63, 3.8) is 0 Å². The Morgan fingerprint density at radius 3 is 1.94 bits per heavy atom.